The van der Waals surface area contributed by atoms with Crippen LogP contribution >= 0.6 is 0 Å². The van der Waals surface area contributed by atoms with Crippen LogP contribution in [-0.4, -0.2) is 24.3 Å². The second-order valence-electron chi connectivity index (χ2n) is 5.21. The fourth-order valence-electron chi connectivity index (χ4n) is 2.17. The molecular weight excluding hydrogens is 339 g/mol. The largest absolute Gasteiger partial charge is 0.494 e. The number of hydrogen-bond acceptors (Lipinski definition) is 5. The Morgan fingerprint density at radius 2 is 2.00 bits per heavy atom. The quantitative estimate of drug-likeness (QED) is 0.693. The number of benzene rings is 1. The van der Waals surface area contributed by atoms with E-state index in [4.69, 9.17) is 14.0 Å². The molecule has 0 aliphatic carbocycles. The Hall–Kier alpha value is -2.51. The average molecular weight is 357 g/mol. The van der Waals surface area contributed by atoms with Crippen molar-refractivity contribution in [1.29, 1.82) is 0 Å². The van der Waals surface area contributed by atoms with Crippen LogP contribution in [0.4, 0.5) is 13.2 Å². The highest BCUT2D eigenvalue weighted by atomic mass is 19.4. The van der Waals surface area contributed by atoms with Gasteiger partial charge in [-0.3, -0.25) is 4.79 Å². The first-order valence-electron chi connectivity index (χ1n) is 7.80. The first-order valence-corrected chi connectivity index (χ1v) is 7.80. The van der Waals surface area contributed by atoms with Gasteiger partial charge in [0.15, 0.2) is 0 Å². The second-order valence-corrected chi connectivity index (χ2v) is 5.21. The molecule has 0 unspecified atom stereocenters. The van der Waals surface area contributed by atoms with E-state index in [1.807, 2.05) is 6.92 Å². The average Bonchev–Trinajstić information content (AvgIpc) is 3.00. The number of esters is 1. The summed E-state index contributed by atoms with van der Waals surface area (Å²) in [4.78, 5) is 11.4. The van der Waals surface area contributed by atoms with E-state index in [1.54, 1.807) is 6.92 Å². The molecule has 5 nitrogen and oxygen atoms in total. The number of rotatable bonds is 7. The van der Waals surface area contributed by atoms with Gasteiger partial charge in [-0.1, -0.05) is 12.1 Å². The standard InChI is InChI=1S/C17H18F3NO4/c1-3-7-24-11-5-6-13(14(8-11)17(18,19)20)15-9-12(25-21-15)10-16(22)23-4-2/h5-6,8-9H,3-4,7,10H2,1-2H3. The molecule has 0 radical (unpaired) electrons. The number of carbonyl (C=O) groups excluding carboxylic acids is 1. The predicted molar refractivity (Wildman–Crippen MR) is 83.1 cm³/mol. The van der Waals surface area contributed by atoms with Crippen molar-refractivity contribution in [2.45, 2.75) is 32.9 Å². The van der Waals surface area contributed by atoms with Gasteiger partial charge in [0.25, 0.3) is 0 Å². The number of halogens is 3. The van der Waals surface area contributed by atoms with E-state index in [1.165, 1.54) is 18.2 Å². The Labute approximate surface area is 142 Å². The molecule has 0 bridgehead atoms. The minimum Gasteiger partial charge on any atom is -0.494 e. The van der Waals surface area contributed by atoms with E-state index >= 15 is 0 Å². The highest BCUT2D eigenvalue weighted by molar-refractivity contribution is 5.73. The van der Waals surface area contributed by atoms with Crippen LogP contribution in [-0.2, 0) is 22.1 Å². The molecule has 1 aromatic carbocycles. The summed E-state index contributed by atoms with van der Waals surface area (Å²) in [7, 11) is 0. The first-order chi connectivity index (χ1) is 11.8. The molecule has 0 aliphatic heterocycles. The number of hydrogen-bond donors (Lipinski definition) is 0. The molecule has 136 valence electrons. The maximum Gasteiger partial charge on any atom is 0.417 e. The molecule has 1 aromatic heterocycles. The van der Waals surface area contributed by atoms with Crippen molar-refractivity contribution in [3.05, 3.63) is 35.6 Å². The minimum atomic E-state index is -4.58. The molecule has 2 aromatic rings. The first kappa shape index (κ1) is 18.8. The van der Waals surface area contributed by atoms with Crippen LogP contribution in [0.5, 0.6) is 5.75 Å². The van der Waals surface area contributed by atoms with Crippen LogP contribution in [0.2, 0.25) is 0 Å². The lowest BCUT2D eigenvalue weighted by Gasteiger charge is -2.13. The fourth-order valence-corrected chi connectivity index (χ4v) is 2.17. The highest BCUT2D eigenvalue weighted by Gasteiger charge is 2.35. The van der Waals surface area contributed by atoms with E-state index in [2.05, 4.69) is 5.16 Å². The van der Waals surface area contributed by atoms with E-state index in [9.17, 15) is 18.0 Å². The van der Waals surface area contributed by atoms with E-state index in [0.717, 1.165) is 6.07 Å². The van der Waals surface area contributed by atoms with Crippen molar-refractivity contribution in [2.24, 2.45) is 0 Å². The lowest BCUT2D eigenvalue weighted by atomic mass is 10.0. The summed E-state index contributed by atoms with van der Waals surface area (Å²) in [6, 6.07) is 4.96. The molecule has 25 heavy (non-hydrogen) atoms. The van der Waals surface area contributed by atoms with E-state index in [-0.39, 0.29) is 35.8 Å². The third kappa shape index (κ3) is 4.98. The van der Waals surface area contributed by atoms with Gasteiger partial charge < -0.3 is 14.0 Å². The Morgan fingerprint density at radius 3 is 2.64 bits per heavy atom. The van der Waals surface area contributed by atoms with Gasteiger partial charge in [0.05, 0.1) is 18.8 Å². The molecule has 1 heterocycles. The third-order valence-electron chi connectivity index (χ3n) is 3.23. The normalized spacial score (nSPS) is 11.4. The number of ether oxygens (including phenoxy) is 2. The summed E-state index contributed by atoms with van der Waals surface area (Å²) in [6.07, 6.45) is -4.09. The smallest absolute Gasteiger partial charge is 0.417 e. The zero-order valence-corrected chi connectivity index (χ0v) is 13.9. The van der Waals surface area contributed by atoms with Crippen LogP contribution in [0.25, 0.3) is 11.3 Å². The van der Waals surface area contributed by atoms with Crippen molar-refractivity contribution >= 4 is 5.97 Å². The summed E-state index contributed by atoms with van der Waals surface area (Å²) < 4.78 is 55.1. The molecule has 0 spiro atoms. The van der Waals surface area contributed by atoms with Gasteiger partial charge >= 0.3 is 12.1 Å². The molecule has 0 fully saturated rings. The summed E-state index contributed by atoms with van der Waals surface area (Å²) in [5.41, 5.74) is -1.03. The van der Waals surface area contributed by atoms with Crippen LogP contribution in [0.1, 0.15) is 31.6 Å². The van der Waals surface area contributed by atoms with Crippen molar-refractivity contribution in [1.82, 2.24) is 5.16 Å². The van der Waals surface area contributed by atoms with Gasteiger partial charge in [0.1, 0.15) is 23.6 Å². The molecule has 0 N–H and O–H groups in total. The summed E-state index contributed by atoms with van der Waals surface area (Å²) in [5.74, 6) is -0.273. The molecule has 0 saturated heterocycles. The van der Waals surface area contributed by atoms with Crippen molar-refractivity contribution in [2.75, 3.05) is 13.2 Å². The van der Waals surface area contributed by atoms with Crippen molar-refractivity contribution in [3.8, 4) is 17.0 Å². The molecule has 2 rings (SSSR count). The maximum absolute atomic E-state index is 13.4. The van der Waals surface area contributed by atoms with Gasteiger partial charge in [-0.2, -0.15) is 13.2 Å². The number of carbonyl (C=O) groups is 1. The predicted octanol–water partition coefficient (Wildman–Crippen LogP) is 4.25. The number of alkyl halides is 3. The van der Waals surface area contributed by atoms with E-state index < -0.39 is 17.7 Å². The van der Waals surface area contributed by atoms with Gasteiger partial charge in [0.2, 0.25) is 0 Å². The van der Waals surface area contributed by atoms with Gasteiger partial charge in [-0.15, -0.1) is 0 Å². The fraction of sp³-hybridized carbons (Fsp3) is 0.412. The van der Waals surface area contributed by atoms with Crippen LogP contribution < -0.4 is 4.74 Å². The van der Waals surface area contributed by atoms with Crippen molar-refractivity contribution < 1.29 is 32.0 Å². The SMILES string of the molecule is CCCOc1ccc(-c2cc(CC(=O)OCC)on2)c(C(F)(F)F)c1. The lowest BCUT2D eigenvalue weighted by Crippen LogP contribution is -2.08. The Balaban J connectivity index is 2.32. The number of nitrogens with zero attached hydrogens (tertiary/aromatic N) is 1. The topological polar surface area (TPSA) is 61.6 Å². The lowest BCUT2D eigenvalue weighted by molar-refractivity contribution is -0.142. The summed E-state index contributed by atoms with van der Waals surface area (Å²) >= 11 is 0. The van der Waals surface area contributed by atoms with Crippen LogP contribution in [0, 0.1) is 0 Å². The van der Waals surface area contributed by atoms with Gasteiger partial charge in [-0.05, 0) is 31.5 Å². The second kappa shape index (κ2) is 8.04. The summed E-state index contributed by atoms with van der Waals surface area (Å²) in [5, 5.41) is 3.64. The maximum atomic E-state index is 13.4. The van der Waals surface area contributed by atoms with Gasteiger partial charge in [0, 0.05) is 11.6 Å². The highest BCUT2D eigenvalue weighted by Crippen LogP contribution is 2.39. The number of aromatic nitrogens is 1. The van der Waals surface area contributed by atoms with Gasteiger partial charge in [-0.25, -0.2) is 0 Å². The van der Waals surface area contributed by atoms with Crippen LogP contribution in [0.3, 0.4) is 0 Å². The molecule has 0 atom stereocenters. The Bertz CT molecular complexity index is 725. The zero-order valence-electron chi connectivity index (χ0n) is 13.9. The Morgan fingerprint density at radius 1 is 1.24 bits per heavy atom. The van der Waals surface area contributed by atoms with Crippen molar-refractivity contribution in [3.63, 3.8) is 0 Å². The third-order valence-corrected chi connectivity index (χ3v) is 3.23. The molecule has 0 saturated carbocycles. The molecular formula is C17H18F3NO4. The molecule has 8 heteroatoms. The minimum absolute atomic E-state index is 0.00587. The zero-order chi connectivity index (χ0) is 18.4. The monoisotopic (exact) mass is 357 g/mol. The summed E-state index contributed by atoms with van der Waals surface area (Å²) in [6.45, 7) is 4.04. The van der Waals surface area contributed by atoms with E-state index in [0.29, 0.717) is 13.0 Å². The van der Waals surface area contributed by atoms with Crippen LogP contribution in [0.15, 0.2) is 28.8 Å². The Kier molecular flexibility index (Phi) is 6.06. The molecule has 0 aliphatic rings. The molecule has 0 amide bonds.